The van der Waals surface area contributed by atoms with Crippen molar-refractivity contribution in [1.29, 1.82) is 0 Å². The molecule has 1 aromatic heterocycles. The predicted molar refractivity (Wildman–Crippen MR) is 58.9 cm³/mol. The highest BCUT2D eigenvalue weighted by Gasteiger charge is 2.36. The number of Topliss-reactive ketones (excluding diaryl/α,β-unsaturated/α-hetero) is 1. The molecule has 0 bridgehead atoms. The van der Waals surface area contributed by atoms with E-state index in [4.69, 9.17) is 4.74 Å². The Morgan fingerprint density at radius 3 is 2.16 bits per heavy atom. The lowest BCUT2D eigenvalue weighted by Crippen LogP contribution is -2.28. The Morgan fingerprint density at radius 1 is 1.26 bits per heavy atom. The largest absolute Gasteiger partial charge is 0.443 e. The number of imidazole rings is 1. The Hall–Kier alpha value is -1.86. The molecule has 0 unspecified atom stereocenters. The van der Waals surface area contributed by atoms with Gasteiger partial charge in [-0.05, 0) is 20.8 Å². The summed E-state index contributed by atoms with van der Waals surface area (Å²) in [4.78, 5) is 26.0. The number of carbonyl (C=O) groups is 2. The average molecular weight is 278 g/mol. The number of ether oxygens (including phenoxy) is 1. The van der Waals surface area contributed by atoms with Crippen LogP contribution in [0.5, 0.6) is 0 Å². The number of rotatable bonds is 1. The zero-order chi connectivity index (χ0) is 15.0. The van der Waals surface area contributed by atoms with E-state index in [2.05, 4.69) is 4.98 Å². The topological polar surface area (TPSA) is 61.2 Å². The molecule has 0 aliphatic carbocycles. The molecule has 0 radical (unpaired) electrons. The molecule has 1 aromatic rings. The van der Waals surface area contributed by atoms with Gasteiger partial charge in [-0.1, -0.05) is 0 Å². The molecule has 0 aliphatic heterocycles. The van der Waals surface area contributed by atoms with Gasteiger partial charge < -0.3 is 4.74 Å². The maximum atomic E-state index is 12.5. The lowest BCUT2D eigenvalue weighted by molar-refractivity contribution is -0.140. The van der Waals surface area contributed by atoms with Gasteiger partial charge in [0, 0.05) is 13.1 Å². The summed E-state index contributed by atoms with van der Waals surface area (Å²) in [5, 5.41) is 0. The van der Waals surface area contributed by atoms with Gasteiger partial charge in [0.2, 0.25) is 0 Å². The van der Waals surface area contributed by atoms with E-state index in [0.717, 1.165) is 6.92 Å². The first kappa shape index (κ1) is 15.2. The number of hydrogen-bond donors (Lipinski definition) is 0. The summed E-state index contributed by atoms with van der Waals surface area (Å²) < 4.78 is 42.9. The zero-order valence-corrected chi connectivity index (χ0v) is 10.8. The van der Waals surface area contributed by atoms with Crippen molar-refractivity contribution in [2.24, 2.45) is 0 Å². The highest BCUT2D eigenvalue weighted by Crippen LogP contribution is 2.28. The van der Waals surface area contributed by atoms with E-state index in [0.29, 0.717) is 10.8 Å². The summed E-state index contributed by atoms with van der Waals surface area (Å²) in [6.07, 6.45) is -5.37. The van der Waals surface area contributed by atoms with Crippen LogP contribution >= 0.6 is 0 Å². The van der Waals surface area contributed by atoms with Gasteiger partial charge in [-0.3, -0.25) is 4.79 Å². The molecule has 1 heterocycles. The minimum Gasteiger partial charge on any atom is -0.443 e. The van der Waals surface area contributed by atoms with Crippen molar-refractivity contribution in [3.8, 4) is 0 Å². The molecule has 0 spiro atoms. The minimum atomic E-state index is -4.74. The third-order valence-corrected chi connectivity index (χ3v) is 1.90. The van der Waals surface area contributed by atoms with Crippen LogP contribution in [0.2, 0.25) is 0 Å². The lowest BCUT2D eigenvalue weighted by Gasteiger charge is -2.19. The van der Waals surface area contributed by atoms with Crippen molar-refractivity contribution in [3.05, 3.63) is 17.7 Å². The summed E-state index contributed by atoms with van der Waals surface area (Å²) in [5.41, 5.74) is -2.21. The van der Waals surface area contributed by atoms with Crippen molar-refractivity contribution in [1.82, 2.24) is 9.55 Å². The molecular formula is C11H13F3N2O3. The van der Waals surface area contributed by atoms with Crippen molar-refractivity contribution in [2.45, 2.75) is 39.5 Å². The molecule has 1 rings (SSSR count). The summed E-state index contributed by atoms with van der Waals surface area (Å²) in [7, 11) is 0. The van der Waals surface area contributed by atoms with Crippen LogP contribution in [0.1, 0.15) is 44.0 Å². The first-order valence-electron chi connectivity index (χ1n) is 5.32. The van der Waals surface area contributed by atoms with E-state index in [1.807, 2.05) is 0 Å². The van der Waals surface area contributed by atoms with E-state index in [1.165, 1.54) is 0 Å². The van der Waals surface area contributed by atoms with Crippen LogP contribution in [0.25, 0.3) is 0 Å². The van der Waals surface area contributed by atoms with E-state index >= 15 is 0 Å². The fourth-order valence-electron chi connectivity index (χ4n) is 1.22. The highest BCUT2D eigenvalue weighted by molar-refractivity contribution is 5.94. The number of ketones is 1. The standard InChI is InChI=1S/C11H13F3N2O3/c1-6(17)8-15-7(11(12,13)14)5-16(8)9(18)19-10(2,3)4/h5H,1-4H3. The molecule has 0 saturated heterocycles. The average Bonchev–Trinajstić information content (AvgIpc) is 2.57. The Kier molecular flexibility index (Phi) is 3.74. The Labute approximate surface area is 107 Å². The summed E-state index contributed by atoms with van der Waals surface area (Å²) in [6.45, 7) is 5.68. The van der Waals surface area contributed by atoms with Crippen molar-refractivity contribution >= 4 is 11.9 Å². The zero-order valence-electron chi connectivity index (χ0n) is 10.8. The van der Waals surface area contributed by atoms with E-state index in [1.54, 1.807) is 20.8 Å². The van der Waals surface area contributed by atoms with Gasteiger partial charge in [-0.2, -0.15) is 13.2 Å². The number of carbonyl (C=O) groups excluding carboxylic acids is 2. The summed E-state index contributed by atoms with van der Waals surface area (Å²) in [5.74, 6) is -1.37. The molecule has 106 valence electrons. The first-order chi connectivity index (χ1) is 8.42. The van der Waals surface area contributed by atoms with Crippen LogP contribution in [-0.4, -0.2) is 27.0 Å². The predicted octanol–water partition coefficient (Wildman–Crippen LogP) is 2.89. The van der Waals surface area contributed by atoms with E-state index in [9.17, 15) is 22.8 Å². The number of aromatic nitrogens is 2. The Balaban J connectivity index is 3.23. The number of halogens is 3. The molecule has 8 heteroatoms. The Morgan fingerprint density at radius 2 is 1.79 bits per heavy atom. The molecule has 0 N–H and O–H groups in total. The van der Waals surface area contributed by atoms with Gasteiger partial charge in [0.15, 0.2) is 17.3 Å². The quantitative estimate of drug-likeness (QED) is 0.741. The molecule has 0 atom stereocenters. The Bertz CT molecular complexity index is 512. The van der Waals surface area contributed by atoms with Crippen molar-refractivity contribution < 1.29 is 27.5 Å². The van der Waals surface area contributed by atoms with Crippen LogP contribution < -0.4 is 0 Å². The molecule has 19 heavy (non-hydrogen) atoms. The molecule has 0 aromatic carbocycles. The molecule has 0 fully saturated rings. The second-order valence-electron chi connectivity index (χ2n) is 4.85. The van der Waals surface area contributed by atoms with Gasteiger partial charge in [0.25, 0.3) is 0 Å². The smallest absolute Gasteiger partial charge is 0.434 e. The number of alkyl halides is 3. The number of hydrogen-bond acceptors (Lipinski definition) is 4. The maximum absolute atomic E-state index is 12.5. The van der Waals surface area contributed by atoms with Gasteiger partial charge >= 0.3 is 12.3 Å². The van der Waals surface area contributed by atoms with E-state index < -0.39 is 35.2 Å². The van der Waals surface area contributed by atoms with Crippen LogP contribution in [0.4, 0.5) is 18.0 Å². The molecule has 0 saturated carbocycles. The summed E-state index contributed by atoms with van der Waals surface area (Å²) >= 11 is 0. The minimum absolute atomic E-state index is 0.449. The van der Waals surface area contributed by atoms with Crippen LogP contribution in [-0.2, 0) is 10.9 Å². The van der Waals surface area contributed by atoms with Gasteiger partial charge in [0.1, 0.15) is 5.60 Å². The SMILES string of the molecule is CC(=O)c1nc(C(F)(F)F)cn1C(=O)OC(C)(C)C. The van der Waals surface area contributed by atoms with Crippen LogP contribution in [0.15, 0.2) is 6.20 Å². The monoisotopic (exact) mass is 278 g/mol. The van der Waals surface area contributed by atoms with Crippen molar-refractivity contribution in [3.63, 3.8) is 0 Å². The highest BCUT2D eigenvalue weighted by atomic mass is 19.4. The van der Waals surface area contributed by atoms with Gasteiger partial charge in [-0.15, -0.1) is 0 Å². The normalized spacial score (nSPS) is 12.4. The fraction of sp³-hybridized carbons (Fsp3) is 0.545. The van der Waals surface area contributed by atoms with Crippen molar-refractivity contribution in [2.75, 3.05) is 0 Å². The number of nitrogens with zero attached hydrogens (tertiary/aromatic N) is 2. The van der Waals surface area contributed by atoms with E-state index in [-0.39, 0.29) is 0 Å². The first-order valence-corrected chi connectivity index (χ1v) is 5.32. The molecule has 0 amide bonds. The third-order valence-electron chi connectivity index (χ3n) is 1.90. The molecule has 5 nitrogen and oxygen atoms in total. The van der Waals surface area contributed by atoms with Crippen LogP contribution in [0, 0.1) is 0 Å². The molecular weight excluding hydrogens is 265 g/mol. The fourth-order valence-corrected chi connectivity index (χ4v) is 1.22. The van der Waals surface area contributed by atoms with Crippen LogP contribution in [0.3, 0.4) is 0 Å². The van der Waals surface area contributed by atoms with Gasteiger partial charge in [0.05, 0.1) is 0 Å². The molecule has 0 aliphatic rings. The maximum Gasteiger partial charge on any atom is 0.434 e. The lowest BCUT2D eigenvalue weighted by atomic mass is 10.2. The second kappa shape index (κ2) is 4.67. The summed E-state index contributed by atoms with van der Waals surface area (Å²) in [6, 6.07) is 0. The van der Waals surface area contributed by atoms with Gasteiger partial charge in [-0.25, -0.2) is 14.3 Å². The second-order valence-corrected chi connectivity index (χ2v) is 4.85. The third kappa shape index (κ3) is 3.80.